The van der Waals surface area contributed by atoms with Crippen LogP contribution in [0.3, 0.4) is 0 Å². The number of rotatable bonds is 3. The molecule has 4 nitrogen and oxygen atoms in total. The summed E-state index contributed by atoms with van der Waals surface area (Å²) in [5.41, 5.74) is 2.97. The lowest BCUT2D eigenvalue weighted by atomic mass is 9.98. The van der Waals surface area contributed by atoms with Crippen molar-refractivity contribution in [3.8, 4) is 11.4 Å². The number of nitrogens with one attached hydrogen (secondary N) is 1. The molecule has 0 radical (unpaired) electrons. The number of pyridine rings is 2. The molecule has 1 aliphatic rings. The number of anilines is 1. The Balaban J connectivity index is 0.00000192. The van der Waals surface area contributed by atoms with E-state index in [9.17, 15) is 4.79 Å². The van der Waals surface area contributed by atoms with Crippen molar-refractivity contribution in [3.63, 3.8) is 0 Å². The Bertz CT molecular complexity index is 724. The number of carbonyl (C=O) groups excluding carboxylic acids is 1. The minimum atomic E-state index is -0.101. The number of aromatic nitrogens is 2. The molecule has 1 amide bonds. The number of nitrogens with zero attached hydrogens (tertiary/aromatic N) is 2. The quantitative estimate of drug-likeness (QED) is 0.935. The van der Waals surface area contributed by atoms with Gasteiger partial charge in [-0.2, -0.15) is 0 Å². The first-order chi connectivity index (χ1) is 10.7. The molecule has 0 fully saturated rings. The summed E-state index contributed by atoms with van der Waals surface area (Å²) in [6.45, 7) is 2.13. The van der Waals surface area contributed by atoms with Gasteiger partial charge >= 0.3 is 0 Å². The van der Waals surface area contributed by atoms with Crippen molar-refractivity contribution in [3.05, 3.63) is 66.5 Å². The van der Waals surface area contributed by atoms with E-state index in [2.05, 4.69) is 28.3 Å². The van der Waals surface area contributed by atoms with Crippen molar-refractivity contribution in [2.75, 3.05) is 5.32 Å². The summed E-state index contributed by atoms with van der Waals surface area (Å²) in [6.07, 6.45) is 10.2. The second-order valence-electron chi connectivity index (χ2n) is 5.33. The Labute approximate surface area is 131 Å². The second kappa shape index (κ2) is 6.35. The highest BCUT2D eigenvalue weighted by atomic mass is 16.1. The average Bonchev–Trinajstić information content (AvgIpc) is 2.57. The molecule has 22 heavy (non-hydrogen) atoms. The largest absolute Gasteiger partial charge is 0.321 e. The zero-order valence-electron chi connectivity index (χ0n) is 12.4. The molecule has 0 spiro atoms. The van der Waals surface area contributed by atoms with Crippen LogP contribution in [0.5, 0.6) is 0 Å². The van der Waals surface area contributed by atoms with Gasteiger partial charge < -0.3 is 5.32 Å². The van der Waals surface area contributed by atoms with Crippen LogP contribution in [-0.4, -0.2) is 15.9 Å². The summed E-state index contributed by atoms with van der Waals surface area (Å²) in [7, 11) is 0. The van der Waals surface area contributed by atoms with E-state index < -0.39 is 0 Å². The zero-order valence-corrected chi connectivity index (χ0v) is 12.4. The molecule has 1 aliphatic carbocycles. The first kappa shape index (κ1) is 14.2. The average molecular weight is 293 g/mol. The first-order valence-electron chi connectivity index (χ1n) is 7.29. The van der Waals surface area contributed by atoms with E-state index >= 15 is 0 Å². The molecule has 2 aromatic rings. The summed E-state index contributed by atoms with van der Waals surface area (Å²) in [5, 5.41) is 2.86. The Kier molecular flexibility index (Phi) is 4.10. The molecule has 0 aromatic carbocycles. The smallest absolute Gasteiger partial charge is 0.255 e. The van der Waals surface area contributed by atoms with E-state index in [0.717, 1.165) is 17.8 Å². The molecule has 0 saturated carbocycles. The number of amides is 1. The summed E-state index contributed by atoms with van der Waals surface area (Å²) in [5.74, 6) is 0.395. The maximum absolute atomic E-state index is 12.2. The van der Waals surface area contributed by atoms with Crippen LogP contribution < -0.4 is 5.32 Å². The molecule has 112 valence electrons. The summed E-state index contributed by atoms with van der Waals surface area (Å²) < 4.78 is 0. The monoisotopic (exact) mass is 293 g/mol. The van der Waals surface area contributed by atoms with E-state index in [1.165, 1.54) is 0 Å². The van der Waals surface area contributed by atoms with Gasteiger partial charge in [-0.15, -0.1) is 0 Å². The van der Waals surface area contributed by atoms with Gasteiger partial charge in [-0.1, -0.05) is 31.2 Å². The molecule has 0 bridgehead atoms. The van der Waals surface area contributed by atoms with Gasteiger partial charge in [0, 0.05) is 13.2 Å². The molecule has 2 aromatic heterocycles. The molecule has 1 unspecified atom stereocenters. The zero-order chi connectivity index (χ0) is 15.4. The van der Waals surface area contributed by atoms with Gasteiger partial charge in [0.15, 0.2) is 0 Å². The lowest BCUT2D eigenvalue weighted by Gasteiger charge is -2.12. The maximum atomic E-state index is 12.2. The van der Waals surface area contributed by atoms with Gasteiger partial charge in [0.05, 0.1) is 23.3 Å². The van der Waals surface area contributed by atoms with Crippen LogP contribution in [-0.2, 0) is 4.79 Å². The van der Waals surface area contributed by atoms with Crippen molar-refractivity contribution in [2.45, 2.75) is 13.3 Å². The standard InChI is InChI=1S/C18H17N3O.H2/c1-13-5-7-14(8-6-13)18(22)21-15-9-10-17(20-12-15)16-4-2-3-11-19-16;/h2-5,7-13H,6H2,1H3,(H,21,22);1H. The lowest BCUT2D eigenvalue weighted by molar-refractivity contribution is -0.112. The molecule has 0 saturated heterocycles. The molecule has 2 heterocycles. The van der Waals surface area contributed by atoms with Crippen molar-refractivity contribution in [2.24, 2.45) is 5.92 Å². The third-order valence-corrected chi connectivity index (χ3v) is 3.52. The Morgan fingerprint density at radius 3 is 2.73 bits per heavy atom. The normalized spacial score (nSPS) is 17.0. The highest BCUT2D eigenvalue weighted by Gasteiger charge is 2.11. The molecule has 1 atom stereocenters. The minimum absolute atomic E-state index is 0. The number of hydrogen-bond acceptors (Lipinski definition) is 3. The van der Waals surface area contributed by atoms with E-state index in [-0.39, 0.29) is 7.33 Å². The molecule has 1 N–H and O–H groups in total. The first-order valence-corrected chi connectivity index (χ1v) is 7.29. The molecule has 3 rings (SSSR count). The van der Waals surface area contributed by atoms with Gasteiger partial charge in [0.1, 0.15) is 0 Å². The minimum Gasteiger partial charge on any atom is -0.321 e. The van der Waals surface area contributed by atoms with Crippen LogP contribution >= 0.6 is 0 Å². The highest BCUT2D eigenvalue weighted by molar-refractivity contribution is 6.05. The Morgan fingerprint density at radius 2 is 2.09 bits per heavy atom. The second-order valence-corrected chi connectivity index (χ2v) is 5.33. The fourth-order valence-corrected chi connectivity index (χ4v) is 2.23. The lowest BCUT2D eigenvalue weighted by Crippen LogP contribution is -2.15. The SMILES string of the molecule is CC1C=CC(C(=O)Nc2ccc(-c3ccccn3)nc2)=CC1.[HH]. The van der Waals surface area contributed by atoms with E-state index in [4.69, 9.17) is 0 Å². The predicted octanol–water partition coefficient (Wildman–Crippen LogP) is 3.85. The van der Waals surface area contributed by atoms with Crippen LogP contribution in [0.4, 0.5) is 5.69 Å². The van der Waals surface area contributed by atoms with E-state index in [0.29, 0.717) is 17.2 Å². The third-order valence-electron chi connectivity index (χ3n) is 3.52. The van der Waals surface area contributed by atoms with Crippen molar-refractivity contribution < 1.29 is 6.22 Å². The summed E-state index contributed by atoms with van der Waals surface area (Å²) in [6, 6.07) is 9.38. The molecule has 4 heteroatoms. The van der Waals surface area contributed by atoms with Crippen LogP contribution in [0.25, 0.3) is 11.4 Å². The predicted molar refractivity (Wildman–Crippen MR) is 89.2 cm³/mol. The molecular formula is C18H19N3O. The van der Waals surface area contributed by atoms with E-state index in [1.54, 1.807) is 12.4 Å². The topological polar surface area (TPSA) is 54.9 Å². The van der Waals surface area contributed by atoms with E-state index in [1.807, 2.05) is 42.5 Å². The van der Waals surface area contributed by atoms with Gasteiger partial charge in [0.25, 0.3) is 5.91 Å². The summed E-state index contributed by atoms with van der Waals surface area (Å²) >= 11 is 0. The van der Waals surface area contributed by atoms with Gasteiger partial charge in [0.2, 0.25) is 0 Å². The maximum Gasteiger partial charge on any atom is 0.255 e. The number of allylic oxidation sites excluding steroid dienone is 2. The van der Waals surface area contributed by atoms with Gasteiger partial charge in [-0.3, -0.25) is 14.8 Å². The van der Waals surface area contributed by atoms with Gasteiger partial charge in [-0.25, -0.2) is 0 Å². The van der Waals surface area contributed by atoms with Crippen molar-refractivity contribution in [1.29, 1.82) is 0 Å². The van der Waals surface area contributed by atoms with Crippen molar-refractivity contribution in [1.82, 2.24) is 9.97 Å². The summed E-state index contributed by atoms with van der Waals surface area (Å²) in [4.78, 5) is 20.8. The van der Waals surface area contributed by atoms with Crippen LogP contribution in [0.15, 0.2) is 66.5 Å². The number of hydrogen-bond donors (Lipinski definition) is 1. The van der Waals surface area contributed by atoms with Crippen LogP contribution in [0.2, 0.25) is 0 Å². The fourth-order valence-electron chi connectivity index (χ4n) is 2.23. The highest BCUT2D eigenvalue weighted by Crippen LogP contribution is 2.19. The molecule has 0 aliphatic heterocycles. The van der Waals surface area contributed by atoms with Crippen molar-refractivity contribution >= 4 is 11.6 Å². The van der Waals surface area contributed by atoms with Gasteiger partial charge in [-0.05, 0) is 36.6 Å². The van der Waals surface area contributed by atoms with Crippen LogP contribution in [0.1, 0.15) is 14.8 Å². The number of carbonyl (C=O) groups is 1. The Hall–Kier alpha value is -2.75. The molecular weight excluding hydrogens is 274 g/mol. The fraction of sp³-hybridized carbons (Fsp3) is 0.167. The third kappa shape index (κ3) is 3.28. The van der Waals surface area contributed by atoms with Crippen LogP contribution in [0, 0.1) is 5.92 Å². The Morgan fingerprint density at radius 1 is 1.23 bits per heavy atom.